The van der Waals surface area contributed by atoms with Crippen molar-refractivity contribution in [3.63, 3.8) is 0 Å². The average Bonchev–Trinajstić information content (AvgIpc) is 2.90. The second-order valence-corrected chi connectivity index (χ2v) is 4.79. The van der Waals surface area contributed by atoms with Crippen molar-refractivity contribution in [1.82, 2.24) is 4.98 Å². The molecule has 90 valence electrons. The lowest BCUT2D eigenvalue weighted by molar-refractivity contribution is 1.41. The van der Waals surface area contributed by atoms with E-state index in [2.05, 4.69) is 41.4 Å². The molecule has 1 aromatic heterocycles. The highest BCUT2D eigenvalue weighted by molar-refractivity contribution is 8.93. The third-order valence-electron chi connectivity index (χ3n) is 2.58. The van der Waals surface area contributed by atoms with Crippen molar-refractivity contribution >= 4 is 28.3 Å². The van der Waals surface area contributed by atoms with Gasteiger partial charge in [-0.05, 0) is 5.56 Å². The second-order valence-electron chi connectivity index (χ2n) is 3.76. The van der Waals surface area contributed by atoms with E-state index in [0.717, 1.165) is 5.01 Å². The highest BCUT2D eigenvalue weighted by atomic mass is 79.9. The average molecular weight is 318 g/mol. The molecule has 2 aromatic carbocycles. The number of nitrogens with zero attached hydrogens (tertiary/aromatic N) is 1. The minimum atomic E-state index is 0. The van der Waals surface area contributed by atoms with Crippen LogP contribution < -0.4 is 0 Å². The molecule has 0 unspecified atom stereocenters. The third-order valence-corrected chi connectivity index (χ3v) is 3.68. The Morgan fingerprint density at radius 3 is 1.89 bits per heavy atom. The summed E-state index contributed by atoms with van der Waals surface area (Å²) in [5.74, 6) is 0. The summed E-state index contributed by atoms with van der Waals surface area (Å²) in [5, 5.41) is 1.07. The number of hydrogen-bond donors (Lipinski definition) is 0. The molecule has 0 bridgehead atoms. The van der Waals surface area contributed by atoms with Gasteiger partial charge in [0.15, 0.2) is 0 Å². The first-order valence-corrected chi connectivity index (χ1v) is 6.32. The first-order chi connectivity index (χ1) is 8.43. The van der Waals surface area contributed by atoms with Crippen LogP contribution in [-0.2, 0) is 0 Å². The van der Waals surface area contributed by atoms with Crippen molar-refractivity contribution in [2.45, 2.75) is 0 Å². The van der Waals surface area contributed by atoms with Gasteiger partial charge in [-0.15, -0.1) is 28.3 Å². The molecule has 0 radical (unpaired) electrons. The molecular weight excluding hydrogens is 306 g/mol. The van der Waals surface area contributed by atoms with Crippen LogP contribution in [0.5, 0.6) is 0 Å². The van der Waals surface area contributed by atoms with Gasteiger partial charge in [0.1, 0.15) is 5.01 Å². The van der Waals surface area contributed by atoms with E-state index in [1.54, 1.807) is 11.3 Å². The Bertz CT molecular complexity index is 551. The molecule has 0 amide bonds. The number of rotatable bonds is 2. The van der Waals surface area contributed by atoms with Crippen molar-refractivity contribution < 1.29 is 0 Å². The van der Waals surface area contributed by atoms with E-state index in [9.17, 15) is 0 Å². The second kappa shape index (κ2) is 5.94. The smallest absolute Gasteiger partial charge is 0.123 e. The standard InChI is InChI=1S/C15H11NS.BrH/c1-3-7-12(8-4-1)14-11-16-15(17-14)13-9-5-2-6-10-13;/h1-11H;1H. The quantitative estimate of drug-likeness (QED) is 0.644. The lowest BCUT2D eigenvalue weighted by Crippen LogP contribution is -1.71. The van der Waals surface area contributed by atoms with Crippen molar-refractivity contribution in [1.29, 1.82) is 0 Å². The molecule has 3 aromatic rings. The largest absolute Gasteiger partial charge is 0.244 e. The number of benzene rings is 2. The molecule has 0 saturated heterocycles. The molecule has 1 heterocycles. The molecule has 0 saturated carbocycles. The molecule has 0 aliphatic rings. The number of hydrogen-bond acceptors (Lipinski definition) is 2. The summed E-state index contributed by atoms with van der Waals surface area (Å²) < 4.78 is 0. The zero-order valence-electron chi connectivity index (χ0n) is 9.61. The van der Waals surface area contributed by atoms with E-state index in [-0.39, 0.29) is 17.0 Å². The molecule has 3 heteroatoms. The van der Waals surface area contributed by atoms with Crippen LogP contribution in [0.4, 0.5) is 0 Å². The predicted octanol–water partition coefficient (Wildman–Crippen LogP) is 5.06. The summed E-state index contributed by atoms with van der Waals surface area (Å²) in [6.45, 7) is 0. The Balaban J connectivity index is 0.00000120. The Hall–Kier alpha value is -1.45. The fourth-order valence-electron chi connectivity index (χ4n) is 1.72. The van der Waals surface area contributed by atoms with Crippen molar-refractivity contribution in [2.24, 2.45) is 0 Å². The normalized spacial score (nSPS) is 9.78. The van der Waals surface area contributed by atoms with Crippen LogP contribution in [0.15, 0.2) is 66.9 Å². The maximum Gasteiger partial charge on any atom is 0.123 e. The zero-order chi connectivity index (χ0) is 11.5. The summed E-state index contributed by atoms with van der Waals surface area (Å²) in [5.41, 5.74) is 2.41. The van der Waals surface area contributed by atoms with Crippen molar-refractivity contribution in [2.75, 3.05) is 0 Å². The van der Waals surface area contributed by atoms with Crippen LogP contribution in [0, 0.1) is 0 Å². The maximum atomic E-state index is 4.48. The molecule has 0 aliphatic heterocycles. The van der Waals surface area contributed by atoms with Crippen molar-refractivity contribution in [3.05, 3.63) is 66.9 Å². The first kappa shape index (κ1) is 13.0. The van der Waals surface area contributed by atoms with Gasteiger partial charge in [-0.2, -0.15) is 0 Å². The van der Waals surface area contributed by atoms with Crippen LogP contribution in [-0.4, -0.2) is 4.98 Å². The topological polar surface area (TPSA) is 12.9 Å². The van der Waals surface area contributed by atoms with Gasteiger partial charge in [-0.3, -0.25) is 0 Å². The summed E-state index contributed by atoms with van der Waals surface area (Å²) in [6, 6.07) is 20.6. The van der Waals surface area contributed by atoms with Gasteiger partial charge in [0.2, 0.25) is 0 Å². The molecule has 1 nitrogen and oxygen atoms in total. The monoisotopic (exact) mass is 317 g/mol. The van der Waals surface area contributed by atoms with Crippen LogP contribution >= 0.6 is 28.3 Å². The first-order valence-electron chi connectivity index (χ1n) is 5.50. The lowest BCUT2D eigenvalue weighted by atomic mass is 10.2. The fraction of sp³-hybridized carbons (Fsp3) is 0. The molecule has 0 spiro atoms. The van der Waals surface area contributed by atoms with Crippen LogP contribution in [0.1, 0.15) is 0 Å². The van der Waals surface area contributed by atoms with E-state index in [1.807, 2.05) is 30.5 Å². The van der Waals surface area contributed by atoms with Gasteiger partial charge in [-0.1, -0.05) is 60.7 Å². The molecule has 3 rings (SSSR count). The highest BCUT2D eigenvalue weighted by Crippen LogP contribution is 2.31. The van der Waals surface area contributed by atoms with E-state index in [0.29, 0.717) is 0 Å². The van der Waals surface area contributed by atoms with Crippen LogP contribution in [0.2, 0.25) is 0 Å². The lowest BCUT2D eigenvalue weighted by Gasteiger charge is -1.95. The number of halogens is 1. The predicted molar refractivity (Wildman–Crippen MR) is 83.3 cm³/mol. The van der Waals surface area contributed by atoms with Crippen LogP contribution in [0.3, 0.4) is 0 Å². The number of aromatic nitrogens is 1. The molecule has 0 N–H and O–H groups in total. The van der Waals surface area contributed by atoms with E-state index in [4.69, 9.17) is 0 Å². The van der Waals surface area contributed by atoms with Gasteiger partial charge in [0, 0.05) is 11.8 Å². The van der Waals surface area contributed by atoms with Gasteiger partial charge in [0.05, 0.1) is 4.88 Å². The highest BCUT2D eigenvalue weighted by Gasteiger charge is 2.05. The van der Waals surface area contributed by atoms with E-state index < -0.39 is 0 Å². The summed E-state index contributed by atoms with van der Waals surface area (Å²) >= 11 is 1.73. The van der Waals surface area contributed by atoms with Gasteiger partial charge < -0.3 is 0 Å². The Kier molecular flexibility index (Phi) is 4.28. The minimum Gasteiger partial charge on any atom is -0.244 e. The molecule has 0 aliphatic carbocycles. The van der Waals surface area contributed by atoms with Gasteiger partial charge in [-0.25, -0.2) is 4.98 Å². The fourth-order valence-corrected chi connectivity index (χ4v) is 2.65. The maximum absolute atomic E-state index is 4.48. The third kappa shape index (κ3) is 2.68. The van der Waals surface area contributed by atoms with Crippen molar-refractivity contribution in [3.8, 4) is 21.0 Å². The van der Waals surface area contributed by atoms with E-state index in [1.165, 1.54) is 16.0 Å². The Labute approximate surface area is 121 Å². The molecule has 0 atom stereocenters. The SMILES string of the molecule is Br.c1ccc(-c2cnc(-c3ccccc3)s2)cc1. The molecular formula is C15H12BrNS. The van der Waals surface area contributed by atoms with Gasteiger partial charge >= 0.3 is 0 Å². The molecule has 18 heavy (non-hydrogen) atoms. The summed E-state index contributed by atoms with van der Waals surface area (Å²) in [6.07, 6.45) is 1.95. The van der Waals surface area contributed by atoms with Gasteiger partial charge in [0.25, 0.3) is 0 Å². The van der Waals surface area contributed by atoms with Crippen LogP contribution in [0.25, 0.3) is 21.0 Å². The summed E-state index contributed by atoms with van der Waals surface area (Å²) in [7, 11) is 0. The minimum absolute atomic E-state index is 0. The summed E-state index contributed by atoms with van der Waals surface area (Å²) in [4.78, 5) is 5.69. The number of thiazole rings is 1. The van der Waals surface area contributed by atoms with E-state index >= 15 is 0 Å². The zero-order valence-corrected chi connectivity index (χ0v) is 12.1. The Morgan fingerprint density at radius 2 is 1.28 bits per heavy atom. The molecule has 0 fully saturated rings. The Morgan fingerprint density at radius 1 is 0.722 bits per heavy atom.